The number of nitrogens with zero attached hydrogens (tertiary/aromatic N) is 1. The van der Waals surface area contributed by atoms with Gasteiger partial charge in [-0.05, 0) is 61.2 Å². The van der Waals surface area contributed by atoms with Crippen LogP contribution in [0.4, 0.5) is 10.5 Å². The predicted molar refractivity (Wildman–Crippen MR) is 111 cm³/mol. The third kappa shape index (κ3) is 5.55. The molecule has 0 spiro atoms. The number of anilines is 1. The van der Waals surface area contributed by atoms with E-state index in [1.54, 1.807) is 14.2 Å². The zero-order chi connectivity index (χ0) is 19.8. The molecule has 1 saturated heterocycles. The van der Waals surface area contributed by atoms with Gasteiger partial charge >= 0.3 is 6.03 Å². The van der Waals surface area contributed by atoms with E-state index in [2.05, 4.69) is 27.7 Å². The Bertz CT molecular complexity index is 739. The van der Waals surface area contributed by atoms with Crippen LogP contribution in [0.25, 0.3) is 0 Å². The number of methoxy groups -OCH3 is 2. The Hall–Kier alpha value is -2.89. The first-order chi connectivity index (χ1) is 13.7. The molecular weight excluding hydrogens is 354 g/mol. The predicted octanol–water partition coefficient (Wildman–Crippen LogP) is 3.21. The number of amides is 2. The van der Waals surface area contributed by atoms with Crippen molar-refractivity contribution in [3.63, 3.8) is 0 Å². The van der Waals surface area contributed by atoms with Crippen molar-refractivity contribution < 1.29 is 14.3 Å². The summed E-state index contributed by atoms with van der Waals surface area (Å²) in [6, 6.07) is 16.2. The van der Waals surface area contributed by atoms with Crippen LogP contribution in [0.3, 0.4) is 0 Å². The molecule has 1 heterocycles. The molecule has 6 heteroatoms. The molecule has 2 amide bonds. The van der Waals surface area contributed by atoms with Crippen LogP contribution >= 0.6 is 0 Å². The molecule has 0 saturated carbocycles. The number of piperidine rings is 1. The van der Waals surface area contributed by atoms with E-state index in [0.717, 1.165) is 43.9 Å². The number of nitrogens with one attached hydrogen (secondary N) is 2. The summed E-state index contributed by atoms with van der Waals surface area (Å²) in [5.74, 6) is 1.71. The van der Waals surface area contributed by atoms with E-state index in [4.69, 9.17) is 9.47 Å². The van der Waals surface area contributed by atoms with E-state index in [-0.39, 0.29) is 12.1 Å². The fourth-order valence-electron chi connectivity index (χ4n) is 3.42. The molecule has 28 heavy (non-hydrogen) atoms. The summed E-state index contributed by atoms with van der Waals surface area (Å²) in [6.45, 7) is 2.48. The highest BCUT2D eigenvalue weighted by molar-refractivity contribution is 5.74. The lowest BCUT2D eigenvalue weighted by Gasteiger charge is -2.34. The maximum Gasteiger partial charge on any atom is 0.315 e. The van der Waals surface area contributed by atoms with Gasteiger partial charge < -0.3 is 25.0 Å². The molecule has 2 aromatic rings. The normalized spacial score (nSPS) is 14.4. The van der Waals surface area contributed by atoms with Gasteiger partial charge in [-0.1, -0.05) is 12.1 Å². The first-order valence-electron chi connectivity index (χ1n) is 9.74. The van der Waals surface area contributed by atoms with Crippen LogP contribution in [-0.4, -0.2) is 45.9 Å². The molecular formula is C22H29N3O3. The minimum Gasteiger partial charge on any atom is -0.497 e. The minimum absolute atomic E-state index is 0.0867. The van der Waals surface area contributed by atoms with E-state index >= 15 is 0 Å². The maximum absolute atomic E-state index is 12.2. The van der Waals surface area contributed by atoms with Crippen LogP contribution in [-0.2, 0) is 6.42 Å². The number of hydrogen-bond donors (Lipinski definition) is 2. The molecule has 0 bridgehead atoms. The van der Waals surface area contributed by atoms with Crippen molar-refractivity contribution in [2.45, 2.75) is 25.3 Å². The number of carbonyl (C=O) groups is 1. The van der Waals surface area contributed by atoms with Crippen molar-refractivity contribution in [3.8, 4) is 11.5 Å². The molecule has 1 aliphatic rings. The fourth-order valence-corrected chi connectivity index (χ4v) is 3.42. The monoisotopic (exact) mass is 383 g/mol. The van der Waals surface area contributed by atoms with Crippen molar-refractivity contribution >= 4 is 11.7 Å². The second-order valence-electron chi connectivity index (χ2n) is 6.96. The lowest BCUT2D eigenvalue weighted by Crippen LogP contribution is -2.48. The second kappa shape index (κ2) is 9.88. The molecule has 0 aliphatic carbocycles. The molecule has 0 unspecified atom stereocenters. The molecule has 1 aliphatic heterocycles. The zero-order valence-electron chi connectivity index (χ0n) is 16.6. The summed E-state index contributed by atoms with van der Waals surface area (Å²) in [7, 11) is 3.33. The third-order valence-corrected chi connectivity index (χ3v) is 5.13. The number of rotatable bonds is 7. The number of urea groups is 1. The first-order valence-corrected chi connectivity index (χ1v) is 9.74. The summed E-state index contributed by atoms with van der Waals surface area (Å²) in [5.41, 5.74) is 2.37. The summed E-state index contributed by atoms with van der Waals surface area (Å²) < 4.78 is 10.4. The average molecular weight is 383 g/mol. The first kappa shape index (κ1) is 19.9. The van der Waals surface area contributed by atoms with Crippen molar-refractivity contribution in [1.29, 1.82) is 0 Å². The summed E-state index contributed by atoms with van der Waals surface area (Å²) in [6.07, 6.45) is 2.68. The van der Waals surface area contributed by atoms with Gasteiger partial charge in [0.2, 0.25) is 0 Å². The summed E-state index contributed by atoms with van der Waals surface area (Å²) in [4.78, 5) is 14.5. The number of ether oxygens (including phenoxy) is 2. The lowest BCUT2D eigenvalue weighted by molar-refractivity contribution is 0.234. The van der Waals surface area contributed by atoms with Crippen LogP contribution < -0.4 is 25.0 Å². The van der Waals surface area contributed by atoms with Gasteiger partial charge in [-0.25, -0.2) is 4.79 Å². The van der Waals surface area contributed by atoms with Crippen LogP contribution in [0, 0.1) is 0 Å². The highest BCUT2D eigenvalue weighted by Crippen LogP contribution is 2.22. The molecule has 3 rings (SSSR count). The topological polar surface area (TPSA) is 62.8 Å². The largest absolute Gasteiger partial charge is 0.497 e. The summed E-state index contributed by atoms with van der Waals surface area (Å²) in [5, 5.41) is 6.05. The number of benzene rings is 2. The van der Waals surface area contributed by atoms with Crippen LogP contribution in [0.1, 0.15) is 18.4 Å². The lowest BCUT2D eigenvalue weighted by atomic mass is 10.0. The van der Waals surface area contributed by atoms with Crippen molar-refractivity contribution in [3.05, 3.63) is 54.1 Å². The maximum atomic E-state index is 12.2. The van der Waals surface area contributed by atoms with Crippen molar-refractivity contribution in [2.24, 2.45) is 0 Å². The van der Waals surface area contributed by atoms with Crippen molar-refractivity contribution in [2.75, 3.05) is 38.8 Å². The molecule has 0 aromatic heterocycles. The van der Waals surface area contributed by atoms with Gasteiger partial charge in [0, 0.05) is 31.4 Å². The highest BCUT2D eigenvalue weighted by Gasteiger charge is 2.20. The fraction of sp³-hybridized carbons (Fsp3) is 0.409. The van der Waals surface area contributed by atoms with E-state index in [1.807, 2.05) is 36.4 Å². The van der Waals surface area contributed by atoms with Gasteiger partial charge in [-0.15, -0.1) is 0 Å². The smallest absolute Gasteiger partial charge is 0.315 e. The molecule has 6 nitrogen and oxygen atoms in total. The van der Waals surface area contributed by atoms with Crippen LogP contribution in [0.15, 0.2) is 48.5 Å². The van der Waals surface area contributed by atoms with E-state index in [0.29, 0.717) is 6.54 Å². The SMILES string of the molecule is COc1ccc(CCNC(=O)NC2CCN(c3ccc(OC)cc3)CC2)cc1. The van der Waals surface area contributed by atoms with Crippen LogP contribution in [0.5, 0.6) is 11.5 Å². The molecule has 150 valence electrons. The van der Waals surface area contributed by atoms with E-state index < -0.39 is 0 Å². The number of hydrogen-bond acceptors (Lipinski definition) is 4. The zero-order valence-corrected chi connectivity index (χ0v) is 16.6. The van der Waals surface area contributed by atoms with Crippen molar-refractivity contribution in [1.82, 2.24) is 10.6 Å². The molecule has 2 N–H and O–H groups in total. The van der Waals surface area contributed by atoms with Gasteiger partial charge in [0.25, 0.3) is 0 Å². The van der Waals surface area contributed by atoms with Crippen LogP contribution in [0.2, 0.25) is 0 Å². The van der Waals surface area contributed by atoms with Gasteiger partial charge in [0.1, 0.15) is 11.5 Å². The Kier molecular flexibility index (Phi) is 7.00. The molecule has 1 fully saturated rings. The van der Waals surface area contributed by atoms with Gasteiger partial charge in [-0.2, -0.15) is 0 Å². The number of carbonyl (C=O) groups excluding carboxylic acids is 1. The average Bonchev–Trinajstić information content (AvgIpc) is 2.75. The second-order valence-corrected chi connectivity index (χ2v) is 6.96. The van der Waals surface area contributed by atoms with E-state index in [1.165, 1.54) is 11.3 Å². The Morgan fingerprint density at radius 2 is 1.54 bits per heavy atom. The molecule has 2 aromatic carbocycles. The quantitative estimate of drug-likeness (QED) is 0.771. The van der Waals surface area contributed by atoms with Gasteiger partial charge in [-0.3, -0.25) is 0 Å². The minimum atomic E-state index is -0.0867. The molecule has 0 atom stereocenters. The Morgan fingerprint density at radius 3 is 2.11 bits per heavy atom. The Morgan fingerprint density at radius 1 is 0.964 bits per heavy atom. The van der Waals surface area contributed by atoms with Gasteiger partial charge in [0.05, 0.1) is 14.2 Å². The van der Waals surface area contributed by atoms with Gasteiger partial charge in [0.15, 0.2) is 0 Å². The summed E-state index contributed by atoms with van der Waals surface area (Å²) >= 11 is 0. The Labute approximate surface area is 166 Å². The Balaban J connectivity index is 1.36. The third-order valence-electron chi connectivity index (χ3n) is 5.13. The van der Waals surface area contributed by atoms with E-state index in [9.17, 15) is 4.79 Å². The highest BCUT2D eigenvalue weighted by atomic mass is 16.5. The standard InChI is InChI=1S/C22H29N3O3/c1-27-20-7-3-17(4-8-20)11-14-23-22(26)24-18-12-15-25(16-13-18)19-5-9-21(28-2)10-6-19/h3-10,18H,11-16H2,1-2H3,(H2,23,24,26). The molecule has 0 radical (unpaired) electrons.